The Kier molecular flexibility index (Phi) is 6.04. The highest BCUT2D eigenvalue weighted by Gasteiger charge is 2.18. The summed E-state index contributed by atoms with van der Waals surface area (Å²) in [6, 6.07) is 7.66. The second-order valence-corrected chi connectivity index (χ2v) is 6.79. The summed E-state index contributed by atoms with van der Waals surface area (Å²) in [5.41, 5.74) is 1.33. The topological polar surface area (TPSA) is 67.3 Å². The number of benzene rings is 1. The molecule has 1 fully saturated rings. The lowest BCUT2D eigenvalue weighted by Crippen LogP contribution is -2.32. The molecule has 1 aliphatic rings. The monoisotopic (exact) mass is 354 g/mol. The Morgan fingerprint density at radius 1 is 1.08 bits per heavy atom. The number of anilines is 2. The third-order valence-corrected chi connectivity index (χ3v) is 4.29. The molecule has 3 rings (SSSR count). The van der Waals surface area contributed by atoms with Crippen molar-refractivity contribution in [3.8, 4) is 5.75 Å². The van der Waals surface area contributed by atoms with Gasteiger partial charge >= 0.3 is 0 Å². The molecule has 1 amide bonds. The highest BCUT2D eigenvalue weighted by atomic mass is 16.5. The van der Waals surface area contributed by atoms with Crippen LogP contribution in [-0.4, -0.2) is 40.0 Å². The summed E-state index contributed by atoms with van der Waals surface area (Å²) in [5.74, 6) is 1.20. The predicted octanol–water partition coefficient (Wildman–Crippen LogP) is 4.02. The molecule has 1 aromatic carbocycles. The maximum Gasteiger partial charge on any atom is 0.256 e. The van der Waals surface area contributed by atoms with E-state index in [1.165, 1.54) is 12.8 Å². The molecule has 0 aliphatic carbocycles. The molecule has 0 atom stereocenters. The standard InChI is InChI=1S/C20H26N4O2/c1-15(2)26-18-10-6-5-9-17(18)23-20-21-13-16(14-22-20)19(25)24-11-7-3-4-8-12-24/h5-6,9-10,13-15H,3-4,7-8,11-12H2,1-2H3,(H,21,22,23). The number of para-hydroxylation sites is 2. The summed E-state index contributed by atoms with van der Waals surface area (Å²) in [7, 11) is 0. The van der Waals surface area contributed by atoms with E-state index in [0.717, 1.165) is 37.4 Å². The first-order valence-corrected chi connectivity index (χ1v) is 9.27. The van der Waals surface area contributed by atoms with Gasteiger partial charge in [0.2, 0.25) is 5.95 Å². The molecule has 1 N–H and O–H groups in total. The van der Waals surface area contributed by atoms with Crippen LogP contribution >= 0.6 is 0 Å². The summed E-state index contributed by atoms with van der Waals surface area (Å²) in [4.78, 5) is 23.1. The van der Waals surface area contributed by atoms with Crippen LogP contribution < -0.4 is 10.1 Å². The highest BCUT2D eigenvalue weighted by molar-refractivity contribution is 5.93. The Labute approximate surface area is 154 Å². The first-order valence-electron chi connectivity index (χ1n) is 9.27. The van der Waals surface area contributed by atoms with E-state index in [-0.39, 0.29) is 12.0 Å². The van der Waals surface area contributed by atoms with E-state index in [9.17, 15) is 4.79 Å². The highest BCUT2D eigenvalue weighted by Crippen LogP contribution is 2.27. The number of hydrogen-bond acceptors (Lipinski definition) is 5. The smallest absolute Gasteiger partial charge is 0.256 e. The number of likely N-dealkylation sites (tertiary alicyclic amines) is 1. The average Bonchev–Trinajstić information content (AvgIpc) is 2.92. The van der Waals surface area contributed by atoms with Crippen molar-refractivity contribution in [1.29, 1.82) is 0 Å². The third-order valence-electron chi connectivity index (χ3n) is 4.29. The number of ether oxygens (including phenoxy) is 1. The molecule has 0 unspecified atom stereocenters. The van der Waals surface area contributed by atoms with Gasteiger partial charge in [-0.05, 0) is 38.8 Å². The van der Waals surface area contributed by atoms with E-state index in [0.29, 0.717) is 11.5 Å². The van der Waals surface area contributed by atoms with Crippen LogP contribution in [0, 0.1) is 0 Å². The Morgan fingerprint density at radius 2 is 1.73 bits per heavy atom. The molecule has 6 nitrogen and oxygen atoms in total. The van der Waals surface area contributed by atoms with Crippen LogP contribution in [0.25, 0.3) is 0 Å². The van der Waals surface area contributed by atoms with Gasteiger partial charge < -0.3 is 15.0 Å². The number of aromatic nitrogens is 2. The van der Waals surface area contributed by atoms with Crippen molar-refractivity contribution in [3.05, 3.63) is 42.2 Å². The summed E-state index contributed by atoms with van der Waals surface area (Å²) in [6.45, 7) is 5.60. The SMILES string of the molecule is CC(C)Oc1ccccc1Nc1ncc(C(=O)N2CCCCCC2)cn1. The molecule has 26 heavy (non-hydrogen) atoms. The molecule has 1 aromatic heterocycles. The maximum absolute atomic E-state index is 12.6. The molecule has 1 aliphatic heterocycles. The van der Waals surface area contributed by atoms with Crippen LogP contribution in [0.1, 0.15) is 49.9 Å². The maximum atomic E-state index is 12.6. The van der Waals surface area contributed by atoms with Crippen LogP contribution in [0.5, 0.6) is 5.75 Å². The number of hydrogen-bond donors (Lipinski definition) is 1. The minimum absolute atomic E-state index is 0.0157. The van der Waals surface area contributed by atoms with Crippen molar-refractivity contribution in [2.75, 3.05) is 18.4 Å². The molecule has 0 spiro atoms. The molecule has 2 aromatic rings. The summed E-state index contributed by atoms with van der Waals surface area (Å²) in [5, 5.41) is 3.16. The largest absolute Gasteiger partial charge is 0.489 e. The fourth-order valence-electron chi connectivity index (χ4n) is 3.01. The van der Waals surface area contributed by atoms with Gasteiger partial charge in [0, 0.05) is 25.5 Å². The lowest BCUT2D eigenvalue weighted by atomic mass is 10.2. The van der Waals surface area contributed by atoms with Crippen LogP contribution in [0.2, 0.25) is 0 Å². The average molecular weight is 354 g/mol. The summed E-state index contributed by atoms with van der Waals surface area (Å²) < 4.78 is 5.79. The molecule has 0 saturated carbocycles. The van der Waals surface area contributed by atoms with E-state index in [1.807, 2.05) is 43.0 Å². The van der Waals surface area contributed by atoms with Crippen molar-refractivity contribution in [2.45, 2.75) is 45.6 Å². The van der Waals surface area contributed by atoms with Crippen molar-refractivity contribution >= 4 is 17.5 Å². The van der Waals surface area contributed by atoms with Crippen LogP contribution in [0.4, 0.5) is 11.6 Å². The van der Waals surface area contributed by atoms with Crippen LogP contribution in [-0.2, 0) is 0 Å². The Hall–Kier alpha value is -2.63. The first kappa shape index (κ1) is 18.2. The number of nitrogens with one attached hydrogen (secondary N) is 1. The van der Waals surface area contributed by atoms with E-state index in [1.54, 1.807) is 12.4 Å². The van der Waals surface area contributed by atoms with Gasteiger partial charge in [-0.1, -0.05) is 25.0 Å². The molecule has 2 heterocycles. The molecular formula is C20H26N4O2. The molecular weight excluding hydrogens is 328 g/mol. The second kappa shape index (κ2) is 8.65. The van der Waals surface area contributed by atoms with Crippen LogP contribution in [0.15, 0.2) is 36.7 Å². The van der Waals surface area contributed by atoms with Crippen LogP contribution in [0.3, 0.4) is 0 Å². The Morgan fingerprint density at radius 3 is 2.38 bits per heavy atom. The zero-order valence-electron chi connectivity index (χ0n) is 15.4. The number of nitrogens with zero attached hydrogens (tertiary/aromatic N) is 3. The van der Waals surface area contributed by atoms with Gasteiger partial charge in [-0.3, -0.25) is 4.79 Å². The van der Waals surface area contributed by atoms with Gasteiger partial charge in [0.05, 0.1) is 17.4 Å². The lowest BCUT2D eigenvalue weighted by Gasteiger charge is -2.20. The van der Waals surface area contributed by atoms with E-state index in [4.69, 9.17) is 4.74 Å². The molecule has 0 bridgehead atoms. The molecule has 138 valence electrons. The van der Waals surface area contributed by atoms with E-state index >= 15 is 0 Å². The quantitative estimate of drug-likeness (QED) is 0.878. The summed E-state index contributed by atoms with van der Waals surface area (Å²) >= 11 is 0. The fourth-order valence-corrected chi connectivity index (χ4v) is 3.01. The third kappa shape index (κ3) is 4.71. The molecule has 1 saturated heterocycles. The minimum atomic E-state index is 0.0157. The van der Waals surface area contributed by atoms with Crippen molar-refractivity contribution < 1.29 is 9.53 Å². The summed E-state index contributed by atoms with van der Waals surface area (Å²) in [6.07, 6.45) is 7.79. The Balaban J connectivity index is 1.69. The number of carbonyl (C=O) groups is 1. The number of rotatable bonds is 5. The molecule has 6 heteroatoms. The van der Waals surface area contributed by atoms with Gasteiger partial charge in [-0.2, -0.15) is 0 Å². The zero-order valence-corrected chi connectivity index (χ0v) is 15.4. The lowest BCUT2D eigenvalue weighted by molar-refractivity contribution is 0.0761. The van der Waals surface area contributed by atoms with Crippen molar-refractivity contribution in [3.63, 3.8) is 0 Å². The Bertz CT molecular complexity index is 723. The number of amides is 1. The van der Waals surface area contributed by atoms with Gasteiger partial charge in [-0.25, -0.2) is 9.97 Å². The fraction of sp³-hybridized carbons (Fsp3) is 0.450. The zero-order chi connectivity index (χ0) is 18.4. The number of carbonyl (C=O) groups excluding carboxylic acids is 1. The second-order valence-electron chi connectivity index (χ2n) is 6.79. The van der Waals surface area contributed by atoms with Gasteiger partial charge in [-0.15, -0.1) is 0 Å². The normalized spacial score (nSPS) is 14.8. The van der Waals surface area contributed by atoms with E-state index < -0.39 is 0 Å². The van der Waals surface area contributed by atoms with E-state index in [2.05, 4.69) is 15.3 Å². The van der Waals surface area contributed by atoms with Crippen molar-refractivity contribution in [2.24, 2.45) is 0 Å². The minimum Gasteiger partial charge on any atom is -0.489 e. The molecule has 0 radical (unpaired) electrons. The van der Waals surface area contributed by atoms with Gasteiger partial charge in [0.15, 0.2) is 0 Å². The van der Waals surface area contributed by atoms with Gasteiger partial charge in [0.25, 0.3) is 5.91 Å². The first-order chi connectivity index (χ1) is 12.6. The predicted molar refractivity (Wildman–Crippen MR) is 102 cm³/mol. The van der Waals surface area contributed by atoms with Gasteiger partial charge in [0.1, 0.15) is 5.75 Å². The van der Waals surface area contributed by atoms with Crippen molar-refractivity contribution in [1.82, 2.24) is 14.9 Å².